The fourth-order valence-corrected chi connectivity index (χ4v) is 7.20. The fraction of sp³-hybridized carbons (Fsp3) is 0.318. The van der Waals surface area contributed by atoms with E-state index in [1.165, 1.54) is 27.9 Å². The van der Waals surface area contributed by atoms with Gasteiger partial charge >= 0.3 is 0 Å². The van der Waals surface area contributed by atoms with Gasteiger partial charge in [0.2, 0.25) is 20.0 Å². The van der Waals surface area contributed by atoms with Crippen LogP contribution >= 0.6 is 0 Å². The zero-order valence-electron chi connectivity index (χ0n) is 18.7. The maximum absolute atomic E-state index is 13.5. The van der Waals surface area contributed by atoms with Gasteiger partial charge in [0, 0.05) is 26.2 Å². The quantitative estimate of drug-likeness (QED) is 0.525. The number of aromatic nitrogens is 2. The van der Waals surface area contributed by atoms with Crippen LogP contribution < -0.4 is 4.74 Å². The second-order valence-corrected chi connectivity index (χ2v) is 11.5. The van der Waals surface area contributed by atoms with Gasteiger partial charge in [-0.15, -0.1) is 0 Å². The number of benzene rings is 2. The van der Waals surface area contributed by atoms with E-state index in [1.807, 2.05) is 30.3 Å². The number of ether oxygens (including phenoxy) is 1. The van der Waals surface area contributed by atoms with Gasteiger partial charge in [0.25, 0.3) is 0 Å². The van der Waals surface area contributed by atoms with Gasteiger partial charge < -0.3 is 4.74 Å². The molecule has 0 radical (unpaired) electrons. The van der Waals surface area contributed by atoms with Gasteiger partial charge in [-0.3, -0.25) is 0 Å². The van der Waals surface area contributed by atoms with Gasteiger partial charge in [0.15, 0.2) is 0 Å². The molecular formula is C22H26N4O5S2. The lowest BCUT2D eigenvalue weighted by atomic mass is 10.3. The van der Waals surface area contributed by atoms with E-state index in [1.54, 1.807) is 30.7 Å². The summed E-state index contributed by atoms with van der Waals surface area (Å²) >= 11 is 0. The van der Waals surface area contributed by atoms with Crippen LogP contribution in [-0.2, 0) is 20.0 Å². The maximum Gasteiger partial charge on any atom is 0.246 e. The molecule has 1 aromatic heterocycles. The van der Waals surface area contributed by atoms with E-state index in [0.29, 0.717) is 17.1 Å². The molecule has 11 heteroatoms. The minimum absolute atomic E-state index is 0.0626. The molecule has 0 amide bonds. The van der Waals surface area contributed by atoms with Gasteiger partial charge in [0.05, 0.1) is 29.1 Å². The van der Waals surface area contributed by atoms with E-state index in [-0.39, 0.29) is 36.0 Å². The molecule has 0 spiro atoms. The van der Waals surface area contributed by atoms with Crippen LogP contribution in [0.4, 0.5) is 0 Å². The van der Waals surface area contributed by atoms with Gasteiger partial charge in [-0.05, 0) is 50.2 Å². The van der Waals surface area contributed by atoms with Gasteiger partial charge in [-0.1, -0.05) is 18.2 Å². The first-order valence-electron chi connectivity index (χ1n) is 10.4. The Kier molecular flexibility index (Phi) is 6.32. The first kappa shape index (κ1) is 23.4. The lowest BCUT2D eigenvalue weighted by molar-refractivity contribution is 0.272. The summed E-state index contributed by atoms with van der Waals surface area (Å²) in [6.07, 6.45) is 0. The summed E-state index contributed by atoms with van der Waals surface area (Å²) in [4.78, 5) is 0.313. The van der Waals surface area contributed by atoms with E-state index in [0.717, 1.165) is 5.69 Å². The third-order valence-electron chi connectivity index (χ3n) is 5.72. The van der Waals surface area contributed by atoms with Crippen molar-refractivity contribution in [1.82, 2.24) is 18.4 Å². The molecule has 9 nitrogen and oxygen atoms in total. The standard InChI is InChI=1S/C22H26N4O5S2/c1-17-22(18(2)26(23-17)19-7-5-4-6-8-19)33(29,30)25-15-13-24(14-16-25)32(27,28)21-11-9-20(31-3)10-12-21/h4-12H,13-16H2,1-3H3. The number of hydrogen-bond donors (Lipinski definition) is 0. The molecule has 33 heavy (non-hydrogen) atoms. The van der Waals surface area contributed by atoms with Crippen LogP contribution in [0.2, 0.25) is 0 Å². The Balaban J connectivity index is 1.55. The van der Waals surface area contributed by atoms with E-state index in [9.17, 15) is 16.8 Å². The van der Waals surface area contributed by atoms with Gasteiger partial charge in [0.1, 0.15) is 10.6 Å². The predicted octanol–water partition coefficient (Wildman–Crippen LogP) is 2.19. The Labute approximate surface area is 194 Å². The fourth-order valence-electron chi connectivity index (χ4n) is 4.00. The number of hydrogen-bond acceptors (Lipinski definition) is 6. The van der Waals surface area contributed by atoms with Crippen LogP contribution in [0, 0.1) is 13.8 Å². The van der Waals surface area contributed by atoms with E-state index in [4.69, 9.17) is 4.74 Å². The van der Waals surface area contributed by atoms with E-state index in [2.05, 4.69) is 5.10 Å². The molecule has 0 bridgehead atoms. The predicted molar refractivity (Wildman–Crippen MR) is 124 cm³/mol. The molecule has 0 atom stereocenters. The molecule has 1 saturated heterocycles. The highest BCUT2D eigenvalue weighted by atomic mass is 32.2. The summed E-state index contributed by atoms with van der Waals surface area (Å²) in [6.45, 7) is 3.66. The molecule has 176 valence electrons. The van der Waals surface area contributed by atoms with Crippen LogP contribution in [0.3, 0.4) is 0 Å². The topological polar surface area (TPSA) is 102 Å². The van der Waals surface area contributed by atoms with Crippen molar-refractivity contribution in [2.24, 2.45) is 0 Å². The monoisotopic (exact) mass is 490 g/mol. The van der Waals surface area contributed by atoms with Crippen LogP contribution in [0.15, 0.2) is 64.4 Å². The van der Waals surface area contributed by atoms with Crippen molar-refractivity contribution < 1.29 is 21.6 Å². The normalized spacial score (nSPS) is 16.1. The Morgan fingerprint density at radius 3 is 1.88 bits per heavy atom. The minimum atomic E-state index is -3.84. The summed E-state index contributed by atoms with van der Waals surface area (Å²) in [6, 6.07) is 15.5. The van der Waals surface area contributed by atoms with Crippen molar-refractivity contribution in [3.63, 3.8) is 0 Å². The van der Waals surface area contributed by atoms with Crippen molar-refractivity contribution in [3.8, 4) is 11.4 Å². The second kappa shape index (κ2) is 8.90. The lowest BCUT2D eigenvalue weighted by Crippen LogP contribution is -2.50. The van der Waals surface area contributed by atoms with Crippen molar-refractivity contribution >= 4 is 20.0 Å². The summed E-state index contributed by atoms with van der Waals surface area (Å²) in [5.74, 6) is 0.562. The molecule has 3 aromatic rings. The third-order valence-corrected chi connectivity index (χ3v) is 9.78. The van der Waals surface area contributed by atoms with Crippen LogP contribution in [-0.4, -0.2) is 68.5 Å². The summed E-state index contributed by atoms with van der Waals surface area (Å²) in [5, 5.41) is 4.44. The number of sulfonamides is 2. The minimum Gasteiger partial charge on any atom is -0.497 e. The van der Waals surface area contributed by atoms with E-state index >= 15 is 0 Å². The molecule has 2 aromatic carbocycles. The van der Waals surface area contributed by atoms with Gasteiger partial charge in [-0.25, -0.2) is 21.5 Å². The van der Waals surface area contributed by atoms with Crippen LogP contribution in [0.5, 0.6) is 5.75 Å². The second-order valence-electron chi connectivity index (χ2n) is 7.73. The maximum atomic E-state index is 13.5. The smallest absolute Gasteiger partial charge is 0.246 e. The number of rotatable bonds is 6. The molecule has 1 aliphatic rings. The lowest BCUT2D eigenvalue weighted by Gasteiger charge is -2.33. The van der Waals surface area contributed by atoms with Gasteiger partial charge in [-0.2, -0.15) is 13.7 Å². The number of piperazine rings is 1. The molecular weight excluding hydrogens is 464 g/mol. The number of para-hydroxylation sites is 1. The summed E-state index contributed by atoms with van der Waals surface area (Å²) in [5.41, 5.74) is 1.70. The molecule has 0 unspecified atom stereocenters. The Morgan fingerprint density at radius 1 is 0.788 bits per heavy atom. The Morgan fingerprint density at radius 2 is 1.33 bits per heavy atom. The van der Waals surface area contributed by atoms with Crippen LogP contribution in [0.25, 0.3) is 5.69 Å². The highest BCUT2D eigenvalue weighted by molar-refractivity contribution is 7.89. The highest BCUT2D eigenvalue weighted by Crippen LogP contribution is 2.28. The molecule has 4 rings (SSSR count). The first-order valence-corrected chi connectivity index (χ1v) is 13.3. The molecule has 0 N–H and O–H groups in total. The third kappa shape index (κ3) is 4.29. The number of aryl methyl sites for hydroxylation is 1. The first-order chi connectivity index (χ1) is 15.7. The summed E-state index contributed by atoms with van der Waals surface area (Å²) in [7, 11) is -6.06. The number of methoxy groups -OCH3 is 1. The molecule has 0 aliphatic carbocycles. The largest absolute Gasteiger partial charge is 0.497 e. The van der Waals surface area contributed by atoms with E-state index < -0.39 is 20.0 Å². The SMILES string of the molecule is COc1ccc(S(=O)(=O)N2CCN(S(=O)(=O)c3c(C)nn(-c4ccccc4)c3C)CC2)cc1. The molecule has 0 saturated carbocycles. The Bertz CT molecular complexity index is 1340. The average molecular weight is 491 g/mol. The molecule has 1 aliphatic heterocycles. The molecule has 1 fully saturated rings. The number of nitrogens with zero attached hydrogens (tertiary/aromatic N) is 4. The van der Waals surface area contributed by atoms with Crippen molar-refractivity contribution in [1.29, 1.82) is 0 Å². The van der Waals surface area contributed by atoms with Crippen molar-refractivity contribution in [2.45, 2.75) is 23.6 Å². The highest BCUT2D eigenvalue weighted by Gasteiger charge is 2.36. The van der Waals surface area contributed by atoms with Crippen LogP contribution in [0.1, 0.15) is 11.4 Å². The zero-order valence-corrected chi connectivity index (χ0v) is 20.3. The van der Waals surface area contributed by atoms with Crippen molar-refractivity contribution in [3.05, 3.63) is 66.0 Å². The zero-order chi connectivity index (χ0) is 23.8. The summed E-state index contributed by atoms with van der Waals surface area (Å²) < 4.78 is 62.2. The molecule has 2 heterocycles. The Hall–Kier alpha value is -2.73. The van der Waals surface area contributed by atoms with Crippen molar-refractivity contribution in [2.75, 3.05) is 33.3 Å². The average Bonchev–Trinajstić information content (AvgIpc) is 3.14.